The number of anilines is 2. The Morgan fingerprint density at radius 2 is 1.83 bits per heavy atom. The Hall–Kier alpha value is -3.00. The first-order chi connectivity index (χ1) is 14.2. The molecule has 0 saturated carbocycles. The molecule has 2 aromatic rings. The Kier molecular flexibility index (Phi) is 4.43. The van der Waals surface area contributed by atoms with Gasteiger partial charge in [0.25, 0.3) is 0 Å². The highest BCUT2D eigenvalue weighted by atomic mass is 16.2. The Morgan fingerprint density at radius 1 is 1.00 bits per heavy atom. The average molecular weight is 386 g/mol. The van der Waals surface area contributed by atoms with E-state index in [4.69, 9.17) is 5.26 Å². The third-order valence-electron chi connectivity index (χ3n) is 6.79. The molecular formula is C24H26N4O. The van der Waals surface area contributed by atoms with E-state index in [9.17, 15) is 4.79 Å². The van der Waals surface area contributed by atoms with Crippen molar-refractivity contribution < 1.29 is 4.79 Å². The van der Waals surface area contributed by atoms with Gasteiger partial charge < -0.3 is 10.2 Å². The quantitative estimate of drug-likeness (QED) is 0.792. The van der Waals surface area contributed by atoms with Crippen LogP contribution < -0.4 is 10.2 Å². The fraction of sp³-hybridized carbons (Fsp3) is 0.417. The van der Waals surface area contributed by atoms with Gasteiger partial charge in [-0.1, -0.05) is 24.3 Å². The molecule has 1 spiro atoms. The number of carbonyl (C=O) groups excluding carboxylic acids is 1. The first-order valence-electron chi connectivity index (χ1n) is 10.6. The van der Waals surface area contributed by atoms with Crippen molar-refractivity contribution in [1.82, 2.24) is 4.90 Å². The molecule has 5 nitrogen and oxygen atoms in total. The number of nitrogens with zero attached hydrogens (tertiary/aromatic N) is 3. The molecule has 2 fully saturated rings. The van der Waals surface area contributed by atoms with Crippen molar-refractivity contribution >= 4 is 17.3 Å². The zero-order valence-corrected chi connectivity index (χ0v) is 16.7. The number of hydrogen-bond acceptors (Lipinski definition) is 4. The lowest BCUT2D eigenvalue weighted by molar-refractivity contribution is -0.133. The second-order valence-corrected chi connectivity index (χ2v) is 8.59. The van der Waals surface area contributed by atoms with Crippen molar-refractivity contribution in [3.63, 3.8) is 0 Å². The number of amides is 1. The minimum atomic E-state index is -0.460. The summed E-state index contributed by atoms with van der Waals surface area (Å²) in [5.41, 5.74) is 5.55. The first kappa shape index (κ1) is 18.1. The molecule has 1 N–H and O–H groups in total. The van der Waals surface area contributed by atoms with Crippen LogP contribution in [0.15, 0.2) is 42.5 Å². The molecule has 0 radical (unpaired) electrons. The zero-order chi connectivity index (χ0) is 19.8. The number of fused-ring (bicyclic) bond motifs is 1. The highest BCUT2D eigenvalue weighted by Gasteiger charge is 2.48. The van der Waals surface area contributed by atoms with Crippen molar-refractivity contribution in [1.29, 1.82) is 5.26 Å². The lowest BCUT2D eigenvalue weighted by Crippen LogP contribution is -2.42. The minimum Gasteiger partial charge on any atom is -0.384 e. The number of piperidine rings is 1. The van der Waals surface area contributed by atoms with E-state index < -0.39 is 5.41 Å². The van der Waals surface area contributed by atoms with Gasteiger partial charge in [0, 0.05) is 37.6 Å². The molecule has 5 rings (SSSR count). The number of hydrogen-bond donors (Lipinski definition) is 1. The van der Waals surface area contributed by atoms with Gasteiger partial charge in [0.15, 0.2) is 6.19 Å². The van der Waals surface area contributed by atoms with Gasteiger partial charge in [-0.3, -0.25) is 4.79 Å². The normalized spacial score (nSPS) is 23.6. The third-order valence-corrected chi connectivity index (χ3v) is 6.79. The summed E-state index contributed by atoms with van der Waals surface area (Å²) in [6.07, 6.45) is 7.36. The smallest absolute Gasteiger partial charge is 0.243 e. The summed E-state index contributed by atoms with van der Waals surface area (Å²) in [5.74, 6) is -0.0311. The molecule has 3 heterocycles. The second kappa shape index (κ2) is 7.11. The molecule has 5 heteroatoms. The number of carbonyl (C=O) groups is 1. The van der Waals surface area contributed by atoms with E-state index in [-0.39, 0.29) is 5.91 Å². The van der Waals surface area contributed by atoms with Crippen LogP contribution >= 0.6 is 0 Å². The Balaban J connectivity index is 1.40. The van der Waals surface area contributed by atoms with Crippen molar-refractivity contribution in [2.45, 2.75) is 32.1 Å². The molecule has 0 aliphatic carbocycles. The van der Waals surface area contributed by atoms with Gasteiger partial charge in [0.1, 0.15) is 0 Å². The van der Waals surface area contributed by atoms with E-state index in [1.165, 1.54) is 46.5 Å². The highest BCUT2D eigenvalue weighted by Crippen LogP contribution is 2.42. The van der Waals surface area contributed by atoms with Crippen LogP contribution in [0.2, 0.25) is 0 Å². The lowest BCUT2D eigenvalue weighted by atomic mass is 9.77. The topological polar surface area (TPSA) is 59.4 Å². The van der Waals surface area contributed by atoms with E-state index >= 15 is 0 Å². The van der Waals surface area contributed by atoms with E-state index in [0.717, 1.165) is 25.2 Å². The number of nitriles is 1. The number of nitrogens with one attached hydrogen (secondary N) is 1. The maximum atomic E-state index is 12.7. The van der Waals surface area contributed by atoms with Crippen LogP contribution in [0.5, 0.6) is 0 Å². The Labute approximate surface area is 171 Å². The van der Waals surface area contributed by atoms with E-state index in [0.29, 0.717) is 19.5 Å². The van der Waals surface area contributed by atoms with Crippen molar-refractivity contribution in [2.75, 3.05) is 36.4 Å². The van der Waals surface area contributed by atoms with Gasteiger partial charge >= 0.3 is 0 Å². The fourth-order valence-corrected chi connectivity index (χ4v) is 5.04. The largest absolute Gasteiger partial charge is 0.384 e. The summed E-state index contributed by atoms with van der Waals surface area (Å²) < 4.78 is 0. The van der Waals surface area contributed by atoms with Gasteiger partial charge in [0.05, 0.1) is 5.41 Å². The van der Waals surface area contributed by atoms with E-state index in [1.807, 2.05) is 6.19 Å². The monoisotopic (exact) mass is 386 g/mol. The summed E-state index contributed by atoms with van der Waals surface area (Å²) >= 11 is 0. The number of benzene rings is 2. The van der Waals surface area contributed by atoms with Crippen LogP contribution in [-0.2, 0) is 11.2 Å². The van der Waals surface area contributed by atoms with Crippen molar-refractivity contribution in [2.24, 2.45) is 5.41 Å². The van der Waals surface area contributed by atoms with Gasteiger partial charge in [-0.2, -0.15) is 5.26 Å². The molecule has 2 aromatic carbocycles. The van der Waals surface area contributed by atoms with Gasteiger partial charge in [-0.05, 0) is 67.0 Å². The standard InChI is InChI=1S/C24H26N4O/c25-17-28-12-9-24(23(28)29)15-20-8-7-19(14-22(20)26-16-24)18-5-4-6-21(13-18)27-10-2-1-3-11-27/h4-8,13-14,26H,1-3,9-12,15-16H2. The molecule has 0 aromatic heterocycles. The highest BCUT2D eigenvalue weighted by molar-refractivity contribution is 5.88. The van der Waals surface area contributed by atoms with Crippen LogP contribution in [0.25, 0.3) is 11.1 Å². The molecule has 1 unspecified atom stereocenters. The predicted molar refractivity (Wildman–Crippen MR) is 115 cm³/mol. The summed E-state index contributed by atoms with van der Waals surface area (Å²) in [5, 5.41) is 12.6. The van der Waals surface area contributed by atoms with E-state index in [1.54, 1.807) is 0 Å². The predicted octanol–water partition coefficient (Wildman–Crippen LogP) is 4.01. The lowest BCUT2D eigenvalue weighted by Gasteiger charge is -2.33. The van der Waals surface area contributed by atoms with Crippen molar-refractivity contribution in [3.05, 3.63) is 48.0 Å². The van der Waals surface area contributed by atoms with Crippen LogP contribution in [0.4, 0.5) is 11.4 Å². The maximum absolute atomic E-state index is 12.7. The third kappa shape index (κ3) is 3.13. The van der Waals surface area contributed by atoms with Gasteiger partial charge in [0.2, 0.25) is 5.91 Å². The Morgan fingerprint density at radius 3 is 2.62 bits per heavy atom. The van der Waals surface area contributed by atoms with Crippen LogP contribution in [0.1, 0.15) is 31.2 Å². The summed E-state index contributed by atoms with van der Waals surface area (Å²) in [6.45, 7) is 3.43. The summed E-state index contributed by atoms with van der Waals surface area (Å²) in [4.78, 5) is 16.5. The molecule has 1 amide bonds. The molecule has 2 saturated heterocycles. The van der Waals surface area contributed by atoms with Crippen LogP contribution in [0.3, 0.4) is 0 Å². The first-order valence-corrected chi connectivity index (χ1v) is 10.6. The molecule has 3 aliphatic rings. The molecule has 29 heavy (non-hydrogen) atoms. The summed E-state index contributed by atoms with van der Waals surface area (Å²) in [6, 6.07) is 15.3. The summed E-state index contributed by atoms with van der Waals surface area (Å²) in [7, 11) is 0. The van der Waals surface area contributed by atoms with Crippen LogP contribution in [0, 0.1) is 16.9 Å². The molecule has 1 atom stereocenters. The van der Waals surface area contributed by atoms with Gasteiger partial charge in [-0.15, -0.1) is 0 Å². The fourth-order valence-electron chi connectivity index (χ4n) is 5.04. The minimum absolute atomic E-state index is 0.0311. The van der Waals surface area contributed by atoms with Crippen LogP contribution in [-0.4, -0.2) is 37.0 Å². The molecular weight excluding hydrogens is 360 g/mol. The Bertz CT molecular complexity index is 989. The second-order valence-electron chi connectivity index (χ2n) is 8.59. The average Bonchev–Trinajstić information content (AvgIpc) is 3.09. The van der Waals surface area contributed by atoms with Gasteiger partial charge in [-0.25, -0.2) is 4.90 Å². The van der Waals surface area contributed by atoms with E-state index in [2.05, 4.69) is 52.7 Å². The van der Waals surface area contributed by atoms with Crippen molar-refractivity contribution in [3.8, 4) is 17.3 Å². The number of likely N-dealkylation sites (tertiary alicyclic amines) is 1. The zero-order valence-electron chi connectivity index (χ0n) is 16.7. The number of rotatable bonds is 2. The SMILES string of the molecule is N#CN1CCC2(CNc3cc(-c4cccc(N5CCCCC5)c4)ccc3C2)C1=O. The molecule has 0 bridgehead atoms. The molecule has 3 aliphatic heterocycles. The maximum Gasteiger partial charge on any atom is 0.243 e. The molecule has 148 valence electrons.